The van der Waals surface area contributed by atoms with Gasteiger partial charge in [-0.1, -0.05) is 43.2 Å². The summed E-state index contributed by atoms with van der Waals surface area (Å²) in [5, 5.41) is 6.90. The molecule has 1 saturated carbocycles. The minimum atomic E-state index is -0.000813. The highest BCUT2D eigenvalue weighted by atomic mass is 16.5. The lowest BCUT2D eigenvalue weighted by Crippen LogP contribution is -2.44. The number of hydrogen-bond donors (Lipinski definition) is 2. The van der Waals surface area contributed by atoms with Crippen molar-refractivity contribution >= 4 is 11.9 Å². The minimum absolute atomic E-state index is 0.000813. The summed E-state index contributed by atoms with van der Waals surface area (Å²) >= 11 is 0. The number of ether oxygens (including phenoxy) is 1. The lowest BCUT2D eigenvalue weighted by molar-refractivity contribution is -0.127. The van der Waals surface area contributed by atoms with Gasteiger partial charge in [-0.05, 0) is 36.7 Å². The van der Waals surface area contributed by atoms with Crippen LogP contribution in [-0.2, 0) is 16.0 Å². The summed E-state index contributed by atoms with van der Waals surface area (Å²) in [5.41, 5.74) is 1.55. The quantitative estimate of drug-likeness (QED) is 0.477. The molecule has 0 radical (unpaired) electrons. The van der Waals surface area contributed by atoms with E-state index in [4.69, 9.17) is 4.74 Å². The van der Waals surface area contributed by atoms with Gasteiger partial charge in [0.2, 0.25) is 5.91 Å². The van der Waals surface area contributed by atoms with Crippen LogP contribution < -0.4 is 10.6 Å². The molecule has 6 heteroatoms. The highest BCUT2D eigenvalue weighted by Crippen LogP contribution is 2.40. The number of guanidine groups is 1. The molecule has 2 rings (SSSR count). The number of rotatable bonds is 10. The Labute approximate surface area is 169 Å². The molecule has 0 aromatic heterocycles. The van der Waals surface area contributed by atoms with Crippen LogP contribution in [0.4, 0.5) is 0 Å². The summed E-state index contributed by atoms with van der Waals surface area (Å²) in [6.07, 6.45) is 6.97. The second-order valence-electron chi connectivity index (χ2n) is 7.92. The van der Waals surface area contributed by atoms with E-state index in [0.717, 1.165) is 38.5 Å². The smallest absolute Gasteiger partial charge is 0.243 e. The fourth-order valence-corrected chi connectivity index (χ4v) is 3.66. The monoisotopic (exact) mass is 388 g/mol. The van der Waals surface area contributed by atoms with Crippen molar-refractivity contribution < 1.29 is 9.53 Å². The molecule has 6 nitrogen and oxygen atoms in total. The second kappa shape index (κ2) is 11.7. The Kier molecular flexibility index (Phi) is 9.28. The Morgan fingerprint density at radius 1 is 1.18 bits per heavy atom. The van der Waals surface area contributed by atoms with Crippen LogP contribution in [0.25, 0.3) is 0 Å². The molecule has 0 unspecified atom stereocenters. The van der Waals surface area contributed by atoms with Crippen molar-refractivity contribution in [2.75, 3.05) is 47.4 Å². The lowest BCUT2D eigenvalue weighted by atomic mass is 9.83. The first-order valence-electron chi connectivity index (χ1n) is 10.3. The van der Waals surface area contributed by atoms with Crippen molar-refractivity contribution in [3.05, 3.63) is 35.9 Å². The van der Waals surface area contributed by atoms with Crippen LogP contribution in [0, 0.1) is 5.41 Å². The van der Waals surface area contributed by atoms with Gasteiger partial charge in [-0.25, -0.2) is 4.99 Å². The van der Waals surface area contributed by atoms with Gasteiger partial charge in [-0.2, -0.15) is 0 Å². The number of methoxy groups -OCH3 is 1. The Morgan fingerprint density at radius 2 is 1.89 bits per heavy atom. The van der Waals surface area contributed by atoms with E-state index in [1.807, 2.05) is 6.07 Å². The standard InChI is InChI=1S/C22H36N4O2/c1-26(2)20(27)17-24-21(23-15-11-19-9-5-4-6-10-19)25-18-22(14-16-28-3)12-7-8-13-22/h4-6,9-10H,7-8,11-18H2,1-3H3,(H2,23,24,25). The minimum Gasteiger partial charge on any atom is -0.385 e. The van der Waals surface area contributed by atoms with Crippen LogP contribution in [0.2, 0.25) is 0 Å². The van der Waals surface area contributed by atoms with Gasteiger partial charge in [-0.3, -0.25) is 4.79 Å². The summed E-state index contributed by atoms with van der Waals surface area (Å²) in [5.74, 6) is 0.717. The molecule has 156 valence electrons. The molecule has 1 aliphatic rings. The average molecular weight is 389 g/mol. The average Bonchev–Trinajstić information content (AvgIpc) is 3.17. The third-order valence-corrected chi connectivity index (χ3v) is 5.55. The number of benzene rings is 1. The Morgan fingerprint density at radius 3 is 2.54 bits per heavy atom. The molecule has 1 amide bonds. The van der Waals surface area contributed by atoms with E-state index >= 15 is 0 Å². The summed E-state index contributed by atoms with van der Waals surface area (Å²) in [7, 11) is 5.28. The zero-order valence-electron chi connectivity index (χ0n) is 17.7. The zero-order chi connectivity index (χ0) is 20.2. The van der Waals surface area contributed by atoms with Crippen molar-refractivity contribution in [3.8, 4) is 0 Å². The van der Waals surface area contributed by atoms with Crippen LogP contribution in [0.5, 0.6) is 0 Å². The van der Waals surface area contributed by atoms with E-state index in [1.165, 1.54) is 31.2 Å². The number of likely N-dealkylation sites (N-methyl/N-ethyl adjacent to an activating group) is 1. The number of amides is 1. The summed E-state index contributed by atoms with van der Waals surface area (Å²) in [4.78, 5) is 18.0. The third kappa shape index (κ3) is 7.50. The molecule has 1 fully saturated rings. The number of nitrogens with one attached hydrogen (secondary N) is 2. The predicted molar refractivity (Wildman–Crippen MR) is 115 cm³/mol. The maximum Gasteiger partial charge on any atom is 0.243 e. The number of nitrogens with zero attached hydrogens (tertiary/aromatic N) is 2. The number of hydrogen-bond acceptors (Lipinski definition) is 3. The molecule has 0 saturated heterocycles. The summed E-state index contributed by atoms with van der Waals surface area (Å²) in [6, 6.07) is 10.4. The maximum atomic E-state index is 12.0. The molecule has 0 aliphatic heterocycles. The second-order valence-corrected chi connectivity index (χ2v) is 7.92. The van der Waals surface area contributed by atoms with Crippen LogP contribution in [-0.4, -0.2) is 64.2 Å². The van der Waals surface area contributed by atoms with Crippen molar-refractivity contribution in [2.45, 2.75) is 38.5 Å². The number of carbonyl (C=O) groups excluding carboxylic acids is 1. The summed E-state index contributed by atoms with van der Waals surface area (Å²) < 4.78 is 5.33. The predicted octanol–water partition coefficient (Wildman–Crippen LogP) is 2.45. The van der Waals surface area contributed by atoms with Crippen LogP contribution in [0.1, 0.15) is 37.7 Å². The molecule has 0 spiro atoms. The van der Waals surface area contributed by atoms with Gasteiger partial charge in [0.25, 0.3) is 0 Å². The van der Waals surface area contributed by atoms with Crippen LogP contribution >= 0.6 is 0 Å². The zero-order valence-corrected chi connectivity index (χ0v) is 17.7. The summed E-state index contributed by atoms with van der Waals surface area (Å²) in [6.45, 7) is 2.58. The van der Waals surface area contributed by atoms with E-state index in [-0.39, 0.29) is 17.9 Å². The first-order valence-corrected chi connectivity index (χ1v) is 10.3. The molecule has 0 bridgehead atoms. The topological polar surface area (TPSA) is 66.0 Å². The molecule has 0 atom stereocenters. The van der Waals surface area contributed by atoms with Gasteiger partial charge in [0.15, 0.2) is 5.96 Å². The van der Waals surface area contributed by atoms with E-state index < -0.39 is 0 Å². The Balaban J connectivity index is 1.94. The fourth-order valence-electron chi connectivity index (χ4n) is 3.66. The molecule has 0 heterocycles. The SMILES string of the molecule is COCCC1(CNC(=NCC(=O)N(C)C)NCCc2ccccc2)CCCC1. The highest BCUT2D eigenvalue weighted by Gasteiger charge is 2.33. The molecular formula is C22H36N4O2. The molecule has 1 aromatic carbocycles. The molecule has 1 aromatic rings. The van der Waals surface area contributed by atoms with Crippen molar-refractivity contribution in [1.29, 1.82) is 0 Å². The third-order valence-electron chi connectivity index (χ3n) is 5.55. The first kappa shape index (κ1) is 22.2. The molecule has 1 aliphatic carbocycles. The van der Waals surface area contributed by atoms with Crippen LogP contribution in [0.15, 0.2) is 35.3 Å². The Hall–Kier alpha value is -2.08. The lowest BCUT2D eigenvalue weighted by Gasteiger charge is -2.30. The largest absolute Gasteiger partial charge is 0.385 e. The number of carbonyl (C=O) groups is 1. The van der Waals surface area contributed by atoms with E-state index in [2.05, 4.69) is 39.9 Å². The van der Waals surface area contributed by atoms with Gasteiger partial charge >= 0.3 is 0 Å². The van der Waals surface area contributed by atoms with E-state index in [9.17, 15) is 4.79 Å². The van der Waals surface area contributed by atoms with Gasteiger partial charge in [0.1, 0.15) is 6.54 Å². The van der Waals surface area contributed by atoms with E-state index in [1.54, 1.807) is 26.1 Å². The van der Waals surface area contributed by atoms with Gasteiger partial charge in [0, 0.05) is 40.9 Å². The normalized spacial score (nSPS) is 16.0. The fraction of sp³-hybridized carbons (Fsp3) is 0.636. The first-order chi connectivity index (χ1) is 13.5. The van der Waals surface area contributed by atoms with Crippen LogP contribution in [0.3, 0.4) is 0 Å². The van der Waals surface area contributed by atoms with Gasteiger partial charge in [0.05, 0.1) is 0 Å². The maximum absolute atomic E-state index is 12.0. The Bertz CT molecular complexity index is 610. The molecule has 28 heavy (non-hydrogen) atoms. The molecule has 2 N–H and O–H groups in total. The molecular weight excluding hydrogens is 352 g/mol. The number of aliphatic imine (C=N–C) groups is 1. The van der Waals surface area contributed by atoms with Crippen molar-refractivity contribution in [1.82, 2.24) is 15.5 Å². The van der Waals surface area contributed by atoms with E-state index in [0.29, 0.717) is 0 Å². The highest BCUT2D eigenvalue weighted by molar-refractivity contribution is 5.84. The van der Waals surface area contributed by atoms with Crippen molar-refractivity contribution in [3.63, 3.8) is 0 Å². The van der Waals surface area contributed by atoms with Gasteiger partial charge in [-0.15, -0.1) is 0 Å². The van der Waals surface area contributed by atoms with Gasteiger partial charge < -0.3 is 20.3 Å². The van der Waals surface area contributed by atoms with Crippen molar-refractivity contribution in [2.24, 2.45) is 10.4 Å².